The van der Waals surface area contributed by atoms with Crippen molar-refractivity contribution in [1.29, 1.82) is 0 Å². The van der Waals surface area contributed by atoms with Gasteiger partial charge in [-0.1, -0.05) is 0 Å². The van der Waals surface area contributed by atoms with E-state index in [2.05, 4.69) is 0 Å². The van der Waals surface area contributed by atoms with Gasteiger partial charge in [-0.25, -0.2) is 17.9 Å². The first-order chi connectivity index (χ1) is 9.80. The molecule has 6 nitrogen and oxygen atoms in total. The van der Waals surface area contributed by atoms with Crippen molar-refractivity contribution in [3.05, 3.63) is 24.0 Å². The second-order valence-electron chi connectivity index (χ2n) is 4.95. The highest BCUT2D eigenvalue weighted by atomic mass is 32.2. The van der Waals surface area contributed by atoms with E-state index in [1.807, 2.05) is 0 Å². The molecule has 0 aromatic heterocycles. The minimum Gasteiger partial charge on any atom is -0.494 e. The normalized spacial score (nSPS) is 19.1. The van der Waals surface area contributed by atoms with Crippen molar-refractivity contribution >= 4 is 21.6 Å². The summed E-state index contributed by atoms with van der Waals surface area (Å²) < 4.78 is 41.4. The lowest BCUT2D eigenvalue weighted by Crippen LogP contribution is -2.28. The Labute approximate surface area is 122 Å². The van der Waals surface area contributed by atoms with Crippen LogP contribution >= 0.6 is 0 Å². The number of benzene rings is 1. The molecule has 1 aromatic carbocycles. The number of rotatable bonds is 5. The second-order valence-corrected chi connectivity index (χ2v) is 6.61. The summed E-state index contributed by atoms with van der Waals surface area (Å²) in [4.78, 5) is 13.2. The average Bonchev–Trinajstić information content (AvgIpc) is 2.68. The van der Waals surface area contributed by atoms with Crippen LogP contribution in [0.4, 0.5) is 10.1 Å². The maximum atomic E-state index is 14.0. The average molecular weight is 316 g/mol. The third-order valence-electron chi connectivity index (χ3n) is 3.19. The van der Waals surface area contributed by atoms with Crippen LogP contribution in [0.25, 0.3) is 0 Å². The van der Waals surface area contributed by atoms with Gasteiger partial charge in [0.15, 0.2) is 5.82 Å². The maximum absolute atomic E-state index is 14.0. The highest BCUT2D eigenvalue weighted by molar-refractivity contribution is 7.89. The van der Waals surface area contributed by atoms with Crippen LogP contribution in [-0.2, 0) is 14.8 Å². The number of primary sulfonamides is 1. The number of anilines is 1. The fourth-order valence-corrected chi connectivity index (χ4v) is 3.30. The van der Waals surface area contributed by atoms with E-state index in [0.717, 1.165) is 0 Å². The summed E-state index contributed by atoms with van der Waals surface area (Å²) in [6, 6.07) is 4.23. The monoisotopic (exact) mass is 316 g/mol. The molecule has 2 N–H and O–H groups in total. The molecule has 0 spiro atoms. The Bertz CT molecular complexity index is 648. The molecule has 0 radical (unpaired) electrons. The van der Waals surface area contributed by atoms with Gasteiger partial charge in [-0.3, -0.25) is 4.79 Å². The van der Waals surface area contributed by atoms with Gasteiger partial charge in [0.2, 0.25) is 15.9 Å². The topological polar surface area (TPSA) is 89.7 Å². The minimum absolute atomic E-state index is 0.0447. The summed E-state index contributed by atoms with van der Waals surface area (Å²) in [6.07, 6.45) is 0.0447. The summed E-state index contributed by atoms with van der Waals surface area (Å²) in [5.41, 5.74) is 0.125. The highest BCUT2D eigenvalue weighted by Gasteiger charge is 2.34. The summed E-state index contributed by atoms with van der Waals surface area (Å²) in [6.45, 7) is 2.34. The predicted molar refractivity (Wildman–Crippen MR) is 76.0 cm³/mol. The number of amides is 1. The first-order valence-electron chi connectivity index (χ1n) is 6.53. The van der Waals surface area contributed by atoms with Gasteiger partial charge in [0, 0.05) is 24.9 Å². The SMILES string of the molecule is CCOc1ccc(N2CC(CS(N)(=O)=O)CC2=O)c(F)c1. The lowest BCUT2D eigenvalue weighted by molar-refractivity contribution is -0.117. The van der Waals surface area contributed by atoms with Crippen molar-refractivity contribution in [1.82, 2.24) is 0 Å². The molecule has 0 aliphatic carbocycles. The number of sulfonamides is 1. The van der Waals surface area contributed by atoms with Crippen LogP contribution in [-0.4, -0.2) is 33.2 Å². The molecule has 1 aromatic rings. The summed E-state index contributed by atoms with van der Waals surface area (Å²) in [5, 5.41) is 4.98. The van der Waals surface area contributed by atoms with E-state index < -0.39 is 21.8 Å². The second kappa shape index (κ2) is 5.98. The van der Waals surface area contributed by atoms with Gasteiger partial charge in [-0.05, 0) is 19.1 Å². The number of ether oxygens (including phenoxy) is 1. The number of halogens is 1. The Morgan fingerprint density at radius 1 is 1.48 bits per heavy atom. The lowest BCUT2D eigenvalue weighted by Gasteiger charge is -2.18. The van der Waals surface area contributed by atoms with Crippen LogP contribution in [0.15, 0.2) is 18.2 Å². The Balaban J connectivity index is 2.17. The molecule has 1 aliphatic rings. The molecule has 116 valence electrons. The zero-order valence-electron chi connectivity index (χ0n) is 11.6. The minimum atomic E-state index is -3.65. The van der Waals surface area contributed by atoms with Crippen molar-refractivity contribution in [2.45, 2.75) is 13.3 Å². The fraction of sp³-hybridized carbons (Fsp3) is 0.462. The first-order valence-corrected chi connectivity index (χ1v) is 8.25. The Morgan fingerprint density at radius 2 is 2.19 bits per heavy atom. The molecule has 1 unspecified atom stereocenters. The molecule has 0 saturated carbocycles. The Hall–Kier alpha value is -1.67. The molecule has 1 aliphatic heterocycles. The highest BCUT2D eigenvalue weighted by Crippen LogP contribution is 2.30. The Morgan fingerprint density at radius 3 is 2.76 bits per heavy atom. The van der Waals surface area contributed by atoms with E-state index >= 15 is 0 Å². The van der Waals surface area contributed by atoms with Crippen molar-refractivity contribution in [3.8, 4) is 5.75 Å². The number of carbonyl (C=O) groups excluding carboxylic acids is 1. The number of hydrogen-bond donors (Lipinski definition) is 1. The van der Waals surface area contributed by atoms with Crippen molar-refractivity contribution in [2.24, 2.45) is 11.1 Å². The third kappa shape index (κ3) is 3.92. The van der Waals surface area contributed by atoms with E-state index in [-0.39, 0.29) is 30.3 Å². The standard InChI is InChI=1S/C13H17FN2O4S/c1-2-20-10-3-4-12(11(14)6-10)16-7-9(5-13(16)17)8-21(15,18)19/h3-4,6,9H,2,5,7-8H2,1H3,(H2,15,18,19). The van der Waals surface area contributed by atoms with E-state index in [4.69, 9.17) is 9.88 Å². The van der Waals surface area contributed by atoms with Gasteiger partial charge >= 0.3 is 0 Å². The number of carbonyl (C=O) groups is 1. The van der Waals surface area contributed by atoms with Crippen molar-refractivity contribution in [2.75, 3.05) is 23.8 Å². The van der Waals surface area contributed by atoms with Crippen LogP contribution in [0.2, 0.25) is 0 Å². The molecule has 0 bridgehead atoms. The van der Waals surface area contributed by atoms with Gasteiger partial charge in [0.25, 0.3) is 0 Å². The number of nitrogens with zero attached hydrogens (tertiary/aromatic N) is 1. The molecule has 8 heteroatoms. The first kappa shape index (κ1) is 15.7. The van der Waals surface area contributed by atoms with Gasteiger partial charge < -0.3 is 9.64 Å². The molecular formula is C13H17FN2O4S. The van der Waals surface area contributed by atoms with Crippen molar-refractivity contribution in [3.63, 3.8) is 0 Å². The van der Waals surface area contributed by atoms with Gasteiger partial charge in [0.05, 0.1) is 18.0 Å². The smallest absolute Gasteiger partial charge is 0.227 e. The molecule has 1 saturated heterocycles. The number of nitrogens with two attached hydrogens (primary N) is 1. The number of hydrogen-bond acceptors (Lipinski definition) is 4. The van der Waals surface area contributed by atoms with Crippen LogP contribution in [0.1, 0.15) is 13.3 Å². The predicted octanol–water partition coefficient (Wildman–Crippen LogP) is 0.866. The molecule has 1 atom stereocenters. The molecule has 1 heterocycles. The zero-order chi connectivity index (χ0) is 15.6. The fourth-order valence-electron chi connectivity index (χ4n) is 2.42. The summed E-state index contributed by atoms with van der Waals surface area (Å²) >= 11 is 0. The third-order valence-corrected chi connectivity index (χ3v) is 4.13. The summed E-state index contributed by atoms with van der Waals surface area (Å²) in [5.74, 6) is -1.21. The maximum Gasteiger partial charge on any atom is 0.227 e. The molecule has 2 rings (SSSR count). The molecule has 21 heavy (non-hydrogen) atoms. The van der Waals surface area contributed by atoms with Crippen molar-refractivity contribution < 1.29 is 22.3 Å². The van der Waals surface area contributed by atoms with E-state index in [0.29, 0.717) is 12.4 Å². The molecular weight excluding hydrogens is 299 g/mol. The van der Waals surface area contributed by atoms with E-state index in [9.17, 15) is 17.6 Å². The lowest BCUT2D eigenvalue weighted by atomic mass is 10.1. The van der Waals surface area contributed by atoms with Crippen LogP contribution in [0.3, 0.4) is 0 Å². The largest absolute Gasteiger partial charge is 0.494 e. The zero-order valence-corrected chi connectivity index (χ0v) is 12.4. The summed E-state index contributed by atoms with van der Waals surface area (Å²) in [7, 11) is -3.65. The molecule has 1 fully saturated rings. The van der Waals surface area contributed by atoms with E-state index in [1.165, 1.54) is 17.0 Å². The molecule has 1 amide bonds. The van der Waals surface area contributed by atoms with Crippen LogP contribution in [0, 0.1) is 11.7 Å². The van der Waals surface area contributed by atoms with Gasteiger partial charge in [0.1, 0.15) is 5.75 Å². The van der Waals surface area contributed by atoms with Gasteiger partial charge in [-0.2, -0.15) is 0 Å². The quantitative estimate of drug-likeness (QED) is 0.872. The van der Waals surface area contributed by atoms with Gasteiger partial charge in [-0.15, -0.1) is 0 Å². The van der Waals surface area contributed by atoms with Crippen LogP contribution < -0.4 is 14.8 Å². The van der Waals surface area contributed by atoms with E-state index in [1.54, 1.807) is 13.0 Å². The van der Waals surface area contributed by atoms with Crippen LogP contribution in [0.5, 0.6) is 5.75 Å². The Kier molecular flexibility index (Phi) is 4.48.